The Balaban J connectivity index is 1.20. The van der Waals surface area contributed by atoms with Gasteiger partial charge in [-0.3, -0.25) is 0 Å². The van der Waals surface area contributed by atoms with Crippen molar-refractivity contribution in [3.05, 3.63) is 107 Å². The summed E-state index contributed by atoms with van der Waals surface area (Å²) in [7, 11) is 0. The molecule has 3 fully saturated rings. The lowest BCUT2D eigenvalue weighted by Gasteiger charge is -2.38. The summed E-state index contributed by atoms with van der Waals surface area (Å²) in [5, 5.41) is 0.843. The van der Waals surface area contributed by atoms with Gasteiger partial charge in [-0.15, -0.1) is 6.58 Å². The monoisotopic (exact) mass is 744 g/mol. The smallest absolute Gasteiger partial charge is 0.0412 e. The molecule has 0 amide bonds. The van der Waals surface area contributed by atoms with Crippen molar-refractivity contribution in [2.24, 2.45) is 23.7 Å². The van der Waals surface area contributed by atoms with Gasteiger partial charge < -0.3 is 0 Å². The fraction of sp³-hybridized carbons (Fsp3) is 0.500. The van der Waals surface area contributed by atoms with Crippen molar-refractivity contribution in [3.8, 4) is 22.3 Å². The number of rotatable bonds is 10. The van der Waals surface area contributed by atoms with E-state index in [-0.39, 0.29) is 0 Å². The number of alkyl halides is 1. The van der Waals surface area contributed by atoms with Gasteiger partial charge in [-0.2, -0.15) is 0 Å². The van der Waals surface area contributed by atoms with Gasteiger partial charge in [-0.25, -0.2) is 0 Å². The highest BCUT2D eigenvalue weighted by Gasteiger charge is 2.32. The Morgan fingerprint density at radius 1 is 0.717 bits per heavy atom. The Bertz CT molecular complexity index is 1440. The summed E-state index contributed by atoms with van der Waals surface area (Å²) in [6, 6.07) is 23.5. The maximum absolute atomic E-state index is 6.77. The zero-order chi connectivity index (χ0) is 31.9. The van der Waals surface area contributed by atoms with Crippen molar-refractivity contribution < 1.29 is 0 Å². The molecule has 3 aliphatic carbocycles. The summed E-state index contributed by atoms with van der Waals surface area (Å²) in [6.45, 7) is 6.09. The molecule has 0 heterocycles. The van der Waals surface area contributed by atoms with Crippen LogP contribution in [0.15, 0.2) is 85.5 Å². The van der Waals surface area contributed by atoms with Gasteiger partial charge in [0.15, 0.2) is 0 Å². The molecule has 0 N–H and O–H groups in total. The number of hydrogen-bond donors (Lipinski definition) is 0. The van der Waals surface area contributed by atoms with E-state index in [2.05, 4.69) is 115 Å². The van der Waals surface area contributed by atoms with E-state index < -0.39 is 0 Å². The van der Waals surface area contributed by atoms with Gasteiger partial charge >= 0.3 is 0 Å². The third-order valence-corrected chi connectivity index (χ3v) is 13.1. The lowest BCUT2D eigenvalue weighted by atomic mass is 9.67. The van der Waals surface area contributed by atoms with Crippen molar-refractivity contribution in [1.29, 1.82) is 0 Å². The van der Waals surface area contributed by atoms with Crippen LogP contribution in [0.3, 0.4) is 0 Å². The van der Waals surface area contributed by atoms with E-state index in [4.69, 9.17) is 11.6 Å². The van der Waals surface area contributed by atoms with Gasteiger partial charge in [0, 0.05) is 9.45 Å². The second kappa shape index (κ2) is 16.5. The largest absolute Gasteiger partial charge is 0.103 e. The van der Waals surface area contributed by atoms with E-state index in [1.165, 1.54) is 129 Å². The van der Waals surface area contributed by atoms with E-state index in [1.54, 1.807) is 0 Å². The highest BCUT2D eigenvalue weighted by Crippen LogP contribution is 2.48. The molecular weight excluding hydrogens is 691 g/mol. The first-order valence-corrected chi connectivity index (χ1v) is 20.3. The van der Waals surface area contributed by atoms with Crippen LogP contribution < -0.4 is 0 Å². The summed E-state index contributed by atoms with van der Waals surface area (Å²) in [6.07, 6.45) is 25.7. The summed E-state index contributed by atoms with van der Waals surface area (Å²) in [5.74, 6) is 4.88. The minimum atomic E-state index is 0.614. The van der Waals surface area contributed by atoms with Crippen LogP contribution >= 0.6 is 34.2 Å². The maximum atomic E-state index is 6.77. The Kier molecular flexibility index (Phi) is 12.2. The third kappa shape index (κ3) is 8.23. The van der Waals surface area contributed by atoms with Gasteiger partial charge in [0.05, 0.1) is 0 Å². The van der Waals surface area contributed by atoms with Gasteiger partial charge in [0.25, 0.3) is 0 Å². The second-order valence-electron chi connectivity index (χ2n) is 14.8. The fourth-order valence-electron chi connectivity index (χ4n) is 9.32. The zero-order valence-corrected chi connectivity index (χ0v) is 31.0. The van der Waals surface area contributed by atoms with Crippen molar-refractivity contribution in [2.75, 3.05) is 0 Å². The van der Waals surface area contributed by atoms with Crippen LogP contribution in [0.25, 0.3) is 22.3 Å². The first-order chi connectivity index (χ1) is 22.6. The molecule has 0 unspecified atom stereocenters. The molecule has 0 nitrogen and oxygen atoms in total. The second-order valence-corrected chi connectivity index (χ2v) is 16.0. The predicted molar refractivity (Wildman–Crippen MR) is 209 cm³/mol. The lowest BCUT2D eigenvalue weighted by molar-refractivity contribution is 0.157. The first kappa shape index (κ1) is 34.0. The molecule has 0 bridgehead atoms. The van der Waals surface area contributed by atoms with E-state index >= 15 is 0 Å². The SMILES string of the molecule is C=CCCC1CCC(C2CCC(c3ccc(Cl)cc3-c3cc(CI)ccc3-c3ccc(C4CCC(/C=C/C)CC4)cc3)CC2)CC1. The number of allylic oxidation sites excluding steroid dienone is 3. The number of hydrogen-bond acceptors (Lipinski definition) is 0. The van der Waals surface area contributed by atoms with Crippen LogP contribution in [0.1, 0.15) is 125 Å². The molecular formula is C44H54ClI. The summed E-state index contributed by atoms with van der Waals surface area (Å²) >= 11 is 9.28. The molecule has 3 aromatic carbocycles. The maximum Gasteiger partial charge on any atom is 0.0412 e. The van der Waals surface area contributed by atoms with Gasteiger partial charge in [-0.1, -0.05) is 108 Å². The van der Waals surface area contributed by atoms with Gasteiger partial charge in [0.2, 0.25) is 0 Å². The summed E-state index contributed by atoms with van der Waals surface area (Å²) in [4.78, 5) is 0. The van der Waals surface area contributed by atoms with Crippen molar-refractivity contribution >= 4 is 34.2 Å². The molecule has 2 heteroatoms. The Labute approximate surface area is 298 Å². The number of halogens is 2. The van der Waals surface area contributed by atoms with E-state index in [0.717, 1.165) is 33.1 Å². The normalized spacial score (nSPS) is 27.1. The Morgan fingerprint density at radius 2 is 1.39 bits per heavy atom. The Morgan fingerprint density at radius 3 is 2.04 bits per heavy atom. The molecule has 3 saturated carbocycles. The van der Waals surface area contributed by atoms with Crippen LogP contribution in [0, 0.1) is 23.7 Å². The van der Waals surface area contributed by atoms with Crippen LogP contribution in [-0.2, 0) is 4.43 Å². The molecule has 3 aromatic rings. The lowest BCUT2D eigenvalue weighted by Crippen LogP contribution is -2.25. The van der Waals surface area contributed by atoms with E-state index in [9.17, 15) is 0 Å². The highest BCUT2D eigenvalue weighted by atomic mass is 127. The van der Waals surface area contributed by atoms with Crippen LogP contribution in [0.4, 0.5) is 0 Å². The standard InChI is InChI=1S/C44H54ClI/c1-3-5-7-32-10-15-35(16-11-32)37-19-23-39(24-20-37)42-27-25-40(45)29-44(42)43-28-33(30-46)12-26-41(43)38-21-17-36(18-22-38)34-13-8-31(6-4-2)9-14-34/h3-4,6,12,17-18,21-22,25-29,31-32,34-35,37,39H,1,5,7-11,13-16,19-20,23-24,30H2,2H3/b6-4+. The molecule has 3 aliphatic rings. The number of benzene rings is 3. The molecule has 0 radical (unpaired) electrons. The average molecular weight is 745 g/mol. The molecule has 244 valence electrons. The first-order valence-electron chi connectivity index (χ1n) is 18.4. The summed E-state index contributed by atoms with van der Waals surface area (Å²) in [5.41, 5.74) is 9.77. The topological polar surface area (TPSA) is 0 Å². The minimum absolute atomic E-state index is 0.614. The van der Waals surface area contributed by atoms with Crippen molar-refractivity contribution in [2.45, 2.75) is 113 Å². The van der Waals surface area contributed by atoms with Gasteiger partial charge in [0.1, 0.15) is 0 Å². The molecule has 0 saturated heterocycles. The highest BCUT2D eigenvalue weighted by molar-refractivity contribution is 14.1. The van der Waals surface area contributed by atoms with Crippen LogP contribution in [0.2, 0.25) is 5.02 Å². The van der Waals surface area contributed by atoms with E-state index in [0.29, 0.717) is 11.8 Å². The third-order valence-electron chi connectivity index (χ3n) is 12.0. The fourth-order valence-corrected chi connectivity index (χ4v) is 9.97. The molecule has 0 spiro atoms. The average Bonchev–Trinajstić information content (AvgIpc) is 3.11. The summed E-state index contributed by atoms with van der Waals surface area (Å²) < 4.78 is 1.01. The Hall–Kier alpha value is -1.84. The zero-order valence-electron chi connectivity index (χ0n) is 28.0. The van der Waals surface area contributed by atoms with E-state index in [1.807, 2.05) is 0 Å². The predicted octanol–water partition coefficient (Wildman–Crippen LogP) is 14.5. The molecule has 46 heavy (non-hydrogen) atoms. The van der Waals surface area contributed by atoms with Crippen LogP contribution in [0.5, 0.6) is 0 Å². The molecule has 6 rings (SSSR count). The van der Waals surface area contributed by atoms with Crippen molar-refractivity contribution in [1.82, 2.24) is 0 Å². The molecule has 0 aromatic heterocycles. The molecule has 0 atom stereocenters. The molecule has 0 aliphatic heterocycles. The quantitative estimate of drug-likeness (QED) is 0.110. The van der Waals surface area contributed by atoms with Crippen LogP contribution in [-0.4, -0.2) is 0 Å². The minimum Gasteiger partial charge on any atom is -0.103 e. The van der Waals surface area contributed by atoms with Crippen molar-refractivity contribution in [3.63, 3.8) is 0 Å². The van der Waals surface area contributed by atoms with Gasteiger partial charge in [-0.05, 0) is 177 Å².